The summed E-state index contributed by atoms with van der Waals surface area (Å²) in [5.41, 5.74) is 4.14. The number of hydrogen-bond donors (Lipinski definition) is 1. The summed E-state index contributed by atoms with van der Waals surface area (Å²) in [6.07, 6.45) is 0.0862. The van der Waals surface area contributed by atoms with Gasteiger partial charge in [0.1, 0.15) is 6.17 Å². The number of nitrogens with one attached hydrogen (secondary N) is 1. The molecule has 0 amide bonds. The van der Waals surface area contributed by atoms with Crippen LogP contribution >= 0.6 is 0 Å². The maximum Gasteiger partial charge on any atom is 0.114 e. The SMILES string of the molecule is F[C@@H]1CCN(Cc2ccc3c(c2)CNC3)C1. The van der Waals surface area contributed by atoms with Crippen LogP contribution in [0.2, 0.25) is 0 Å². The highest BCUT2D eigenvalue weighted by Crippen LogP contribution is 2.20. The van der Waals surface area contributed by atoms with Gasteiger partial charge in [0.25, 0.3) is 0 Å². The second-order valence-corrected chi connectivity index (χ2v) is 4.83. The summed E-state index contributed by atoms with van der Waals surface area (Å²) in [4.78, 5) is 2.20. The molecule has 1 N–H and O–H groups in total. The number of rotatable bonds is 2. The molecule has 1 saturated heterocycles. The van der Waals surface area contributed by atoms with Crippen molar-refractivity contribution < 1.29 is 4.39 Å². The van der Waals surface area contributed by atoms with E-state index in [0.29, 0.717) is 13.0 Å². The van der Waals surface area contributed by atoms with Crippen molar-refractivity contribution in [2.24, 2.45) is 0 Å². The van der Waals surface area contributed by atoms with Crippen LogP contribution in [0.15, 0.2) is 18.2 Å². The quantitative estimate of drug-likeness (QED) is 0.818. The summed E-state index contributed by atoms with van der Waals surface area (Å²) in [5, 5.41) is 3.34. The van der Waals surface area contributed by atoms with Gasteiger partial charge in [0.15, 0.2) is 0 Å². The van der Waals surface area contributed by atoms with Gasteiger partial charge in [0, 0.05) is 32.7 Å². The number of likely N-dealkylation sites (tertiary alicyclic amines) is 1. The van der Waals surface area contributed by atoms with Crippen LogP contribution in [0.4, 0.5) is 4.39 Å². The molecule has 1 atom stereocenters. The maximum atomic E-state index is 13.0. The Morgan fingerprint density at radius 3 is 3.00 bits per heavy atom. The van der Waals surface area contributed by atoms with Crippen molar-refractivity contribution in [2.75, 3.05) is 13.1 Å². The van der Waals surface area contributed by atoms with Gasteiger partial charge >= 0.3 is 0 Å². The van der Waals surface area contributed by atoms with Gasteiger partial charge in [-0.3, -0.25) is 4.90 Å². The average Bonchev–Trinajstić information content (AvgIpc) is 2.87. The fourth-order valence-electron chi connectivity index (χ4n) is 2.63. The fraction of sp³-hybridized carbons (Fsp3) is 0.538. The smallest absolute Gasteiger partial charge is 0.114 e. The molecular formula is C13H17FN2. The minimum absolute atomic E-state index is 0.606. The number of fused-ring (bicyclic) bond motifs is 1. The van der Waals surface area contributed by atoms with Crippen molar-refractivity contribution in [1.82, 2.24) is 10.2 Å². The molecule has 2 aliphatic rings. The van der Waals surface area contributed by atoms with Crippen LogP contribution in [0.5, 0.6) is 0 Å². The van der Waals surface area contributed by atoms with Gasteiger partial charge in [-0.25, -0.2) is 4.39 Å². The number of halogens is 1. The number of alkyl halides is 1. The second kappa shape index (κ2) is 4.15. The van der Waals surface area contributed by atoms with Gasteiger partial charge in [0.05, 0.1) is 0 Å². The van der Waals surface area contributed by atoms with Gasteiger partial charge in [0.2, 0.25) is 0 Å². The Labute approximate surface area is 95.4 Å². The molecule has 1 aromatic rings. The lowest BCUT2D eigenvalue weighted by molar-refractivity contribution is 0.282. The number of hydrogen-bond acceptors (Lipinski definition) is 2. The zero-order chi connectivity index (χ0) is 11.0. The standard InChI is InChI=1S/C13H17FN2/c14-13-3-4-16(9-13)8-10-1-2-11-6-15-7-12(11)5-10/h1-2,5,13,15H,3-4,6-9H2/t13-/m1/s1. The first kappa shape index (κ1) is 10.2. The van der Waals surface area contributed by atoms with E-state index in [1.54, 1.807) is 0 Å². The highest BCUT2D eigenvalue weighted by atomic mass is 19.1. The Bertz CT molecular complexity index is 392. The summed E-state index contributed by atoms with van der Waals surface area (Å²) in [6, 6.07) is 6.64. The van der Waals surface area contributed by atoms with Crippen molar-refractivity contribution in [1.29, 1.82) is 0 Å². The first-order valence-electron chi connectivity index (χ1n) is 5.99. The highest BCUT2D eigenvalue weighted by Gasteiger charge is 2.21. The summed E-state index contributed by atoms with van der Waals surface area (Å²) < 4.78 is 13.0. The summed E-state index contributed by atoms with van der Waals surface area (Å²) in [6.45, 7) is 4.38. The van der Waals surface area contributed by atoms with Gasteiger partial charge < -0.3 is 5.32 Å². The zero-order valence-corrected chi connectivity index (χ0v) is 9.38. The molecule has 0 unspecified atom stereocenters. The normalized spacial score (nSPS) is 24.9. The van der Waals surface area contributed by atoms with E-state index < -0.39 is 6.17 Å². The van der Waals surface area contributed by atoms with E-state index >= 15 is 0 Å². The maximum absolute atomic E-state index is 13.0. The minimum Gasteiger partial charge on any atom is -0.309 e. The van der Waals surface area contributed by atoms with Gasteiger partial charge in [-0.2, -0.15) is 0 Å². The predicted octanol–water partition coefficient (Wildman–Crippen LogP) is 1.83. The Morgan fingerprint density at radius 2 is 2.19 bits per heavy atom. The van der Waals surface area contributed by atoms with E-state index in [0.717, 1.165) is 26.2 Å². The van der Waals surface area contributed by atoms with Gasteiger partial charge in [-0.05, 0) is 23.1 Å². The van der Waals surface area contributed by atoms with E-state index in [9.17, 15) is 4.39 Å². The third-order valence-electron chi connectivity index (χ3n) is 3.52. The lowest BCUT2D eigenvalue weighted by Gasteiger charge is -2.15. The molecule has 2 nitrogen and oxygen atoms in total. The second-order valence-electron chi connectivity index (χ2n) is 4.83. The molecule has 0 aliphatic carbocycles. The fourth-order valence-corrected chi connectivity index (χ4v) is 2.63. The molecule has 1 aromatic carbocycles. The third kappa shape index (κ3) is 1.97. The van der Waals surface area contributed by atoms with Crippen LogP contribution in [-0.2, 0) is 19.6 Å². The molecule has 0 radical (unpaired) electrons. The molecule has 3 rings (SSSR count). The molecule has 3 heteroatoms. The van der Waals surface area contributed by atoms with E-state index in [2.05, 4.69) is 28.4 Å². The molecule has 0 bridgehead atoms. The van der Waals surface area contributed by atoms with Crippen molar-refractivity contribution in [3.8, 4) is 0 Å². The van der Waals surface area contributed by atoms with Gasteiger partial charge in [-0.1, -0.05) is 18.2 Å². The van der Waals surface area contributed by atoms with Crippen molar-refractivity contribution in [3.05, 3.63) is 34.9 Å². The molecule has 1 fully saturated rings. The first-order valence-corrected chi connectivity index (χ1v) is 5.99. The lowest BCUT2D eigenvalue weighted by atomic mass is 10.1. The van der Waals surface area contributed by atoms with E-state index in [4.69, 9.17) is 0 Å². The third-order valence-corrected chi connectivity index (χ3v) is 3.52. The molecule has 2 heterocycles. The van der Waals surface area contributed by atoms with Crippen molar-refractivity contribution >= 4 is 0 Å². The topological polar surface area (TPSA) is 15.3 Å². The Kier molecular flexibility index (Phi) is 2.65. The van der Waals surface area contributed by atoms with Crippen LogP contribution in [-0.4, -0.2) is 24.2 Å². The summed E-state index contributed by atoms with van der Waals surface area (Å²) in [7, 11) is 0. The molecule has 0 saturated carbocycles. The van der Waals surface area contributed by atoms with Crippen LogP contribution in [0.25, 0.3) is 0 Å². The molecule has 2 aliphatic heterocycles. The molecular weight excluding hydrogens is 203 g/mol. The Balaban J connectivity index is 1.71. The minimum atomic E-state index is -0.615. The highest BCUT2D eigenvalue weighted by molar-refractivity contribution is 5.34. The predicted molar refractivity (Wildman–Crippen MR) is 61.8 cm³/mol. The molecule has 86 valence electrons. The first-order chi connectivity index (χ1) is 7.81. The Hall–Kier alpha value is -0.930. The van der Waals surface area contributed by atoms with Crippen LogP contribution in [0, 0.1) is 0 Å². The van der Waals surface area contributed by atoms with Crippen LogP contribution < -0.4 is 5.32 Å². The zero-order valence-electron chi connectivity index (χ0n) is 9.38. The summed E-state index contributed by atoms with van der Waals surface area (Å²) in [5.74, 6) is 0. The van der Waals surface area contributed by atoms with Crippen molar-refractivity contribution in [2.45, 2.75) is 32.2 Å². The summed E-state index contributed by atoms with van der Waals surface area (Å²) >= 11 is 0. The van der Waals surface area contributed by atoms with E-state index in [-0.39, 0.29) is 0 Å². The average molecular weight is 220 g/mol. The monoisotopic (exact) mass is 220 g/mol. The lowest BCUT2D eigenvalue weighted by Crippen LogP contribution is -2.20. The number of nitrogens with zero attached hydrogens (tertiary/aromatic N) is 1. The van der Waals surface area contributed by atoms with Crippen molar-refractivity contribution in [3.63, 3.8) is 0 Å². The molecule has 0 spiro atoms. The van der Waals surface area contributed by atoms with Crippen LogP contribution in [0.1, 0.15) is 23.1 Å². The van der Waals surface area contributed by atoms with Crippen LogP contribution in [0.3, 0.4) is 0 Å². The van der Waals surface area contributed by atoms with E-state index in [1.807, 2.05) is 0 Å². The largest absolute Gasteiger partial charge is 0.309 e. The molecule has 0 aromatic heterocycles. The van der Waals surface area contributed by atoms with E-state index in [1.165, 1.54) is 16.7 Å². The molecule has 16 heavy (non-hydrogen) atoms. The van der Waals surface area contributed by atoms with Gasteiger partial charge in [-0.15, -0.1) is 0 Å². The Morgan fingerprint density at radius 1 is 1.31 bits per heavy atom. The number of benzene rings is 1.